The van der Waals surface area contributed by atoms with E-state index < -0.39 is 51.2 Å². The maximum Gasteiger partial charge on any atom is 0.424 e. The highest BCUT2D eigenvalue weighted by molar-refractivity contribution is 7.89. The average molecular weight is 564 g/mol. The van der Waals surface area contributed by atoms with E-state index in [0.29, 0.717) is 4.31 Å². The molecule has 1 fully saturated rings. The number of hydrogen-bond donors (Lipinski definition) is 1. The molecule has 0 unspecified atom stereocenters. The highest BCUT2D eigenvalue weighted by Gasteiger charge is 2.36. The lowest BCUT2D eigenvalue weighted by molar-refractivity contribution is -0.118. The van der Waals surface area contributed by atoms with Crippen molar-refractivity contribution in [2.45, 2.75) is 70.1 Å². The molecule has 0 saturated carbocycles. The first-order chi connectivity index (χ1) is 17.9. The number of carbonyl (C=O) groups excluding carboxylic acids is 3. The van der Waals surface area contributed by atoms with Crippen molar-refractivity contribution < 1.29 is 36.7 Å². The van der Waals surface area contributed by atoms with Crippen LogP contribution in [0.2, 0.25) is 0 Å². The van der Waals surface area contributed by atoms with Crippen LogP contribution in [0, 0.1) is 5.82 Å². The van der Waals surface area contributed by atoms with Crippen molar-refractivity contribution in [3.05, 3.63) is 48.3 Å². The van der Waals surface area contributed by atoms with E-state index in [0.717, 1.165) is 13.1 Å². The molecule has 0 aliphatic carbocycles. The molecule has 1 heterocycles. The van der Waals surface area contributed by atoms with E-state index >= 15 is 4.39 Å². The van der Waals surface area contributed by atoms with Crippen LogP contribution >= 0.6 is 0 Å². The zero-order valence-corrected chi connectivity index (χ0v) is 23.9. The van der Waals surface area contributed by atoms with Crippen LogP contribution in [0.25, 0.3) is 11.1 Å². The number of ether oxygens (including phenoxy) is 2. The van der Waals surface area contributed by atoms with Gasteiger partial charge in [0.25, 0.3) is 10.0 Å². The Hall–Kier alpha value is -3.67. The van der Waals surface area contributed by atoms with E-state index in [4.69, 9.17) is 9.47 Å². The molecule has 39 heavy (non-hydrogen) atoms. The van der Waals surface area contributed by atoms with Crippen molar-refractivity contribution >= 4 is 33.8 Å². The fourth-order valence-electron chi connectivity index (χ4n) is 3.90. The predicted octanol–water partition coefficient (Wildman–Crippen LogP) is 4.68. The molecule has 2 aromatic rings. The zero-order chi connectivity index (χ0) is 29.3. The van der Waals surface area contributed by atoms with Crippen molar-refractivity contribution in [3.63, 3.8) is 0 Å². The van der Waals surface area contributed by atoms with Crippen molar-refractivity contribution in [1.82, 2.24) is 9.62 Å². The highest BCUT2D eigenvalue weighted by Crippen LogP contribution is 2.33. The van der Waals surface area contributed by atoms with Gasteiger partial charge in [0.1, 0.15) is 23.1 Å². The fraction of sp³-hybridized carbons (Fsp3) is 0.444. The SMILES string of the molecule is CN(C(=O)OC(C)(C)C)S(=O)(=O)c1ccccc1-c1ccc(N2CC[C@H](NC(=O)OC(C)(C)C)C2=O)c(F)c1. The number of nitrogens with zero attached hydrogens (tertiary/aromatic N) is 2. The molecule has 10 nitrogen and oxygen atoms in total. The second kappa shape index (κ2) is 10.8. The van der Waals surface area contributed by atoms with Gasteiger partial charge >= 0.3 is 12.2 Å². The largest absolute Gasteiger partial charge is 0.444 e. The molecule has 1 saturated heterocycles. The molecular weight excluding hydrogens is 529 g/mol. The van der Waals surface area contributed by atoms with Gasteiger partial charge in [-0.1, -0.05) is 24.3 Å². The molecule has 12 heteroatoms. The minimum atomic E-state index is -4.35. The summed E-state index contributed by atoms with van der Waals surface area (Å²) in [7, 11) is -3.26. The molecule has 212 valence electrons. The van der Waals surface area contributed by atoms with Crippen LogP contribution in [0.15, 0.2) is 47.4 Å². The summed E-state index contributed by atoms with van der Waals surface area (Å²) in [5, 5.41) is 2.52. The third kappa shape index (κ3) is 7.05. The number of nitrogens with one attached hydrogen (secondary N) is 1. The summed E-state index contributed by atoms with van der Waals surface area (Å²) in [5.41, 5.74) is -1.27. The Balaban J connectivity index is 1.86. The van der Waals surface area contributed by atoms with Crippen LogP contribution in [-0.2, 0) is 24.3 Å². The van der Waals surface area contributed by atoms with E-state index in [2.05, 4.69) is 5.32 Å². The van der Waals surface area contributed by atoms with Gasteiger partial charge in [-0.25, -0.2) is 26.7 Å². The topological polar surface area (TPSA) is 122 Å². The number of rotatable bonds is 5. The molecule has 1 atom stereocenters. The van der Waals surface area contributed by atoms with E-state index in [-0.39, 0.29) is 34.7 Å². The summed E-state index contributed by atoms with van der Waals surface area (Å²) in [6, 6.07) is 9.00. The van der Waals surface area contributed by atoms with Crippen LogP contribution in [0.4, 0.5) is 19.7 Å². The second-order valence-corrected chi connectivity index (χ2v) is 13.0. The van der Waals surface area contributed by atoms with E-state index in [9.17, 15) is 22.8 Å². The van der Waals surface area contributed by atoms with Crippen molar-refractivity contribution in [2.75, 3.05) is 18.5 Å². The minimum Gasteiger partial charge on any atom is -0.444 e. The molecule has 0 radical (unpaired) electrons. The Labute approximate surface area is 228 Å². The van der Waals surface area contributed by atoms with Crippen molar-refractivity contribution in [3.8, 4) is 11.1 Å². The summed E-state index contributed by atoms with van der Waals surface area (Å²) in [6.45, 7) is 10.1. The molecule has 1 aliphatic rings. The van der Waals surface area contributed by atoms with Gasteiger partial charge in [-0.05, 0) is 71.7 Å². The van der Waals surface area contributed by atoms with Crippen LogP contribution in [-0.4, -0.2) is 61.7 Å². The van der Waals surface area contributed by atoms with Gasteiger partial charge in [0.15, 0.2) is 0 Å². The summed E-state index contributed by atoms with van der Waals surface area (Å²) in [4.78, 5) is 38.4. The maximum absolute atomic E-state index is 15.3. The Morgan fingerprint density at radius 1 is 1.03 bits per heavy atom. The third-order valence-electron chi connectivity index (χ3n) is 5.62. The predicted molar refractivity (Wildman–Crippen MR) is 143 cm³/mol. The Morgan fingerprint density at radius 2 is 1.64 bits per heavy atom. The first-order valence-electron chi connectivity index (χ1n) is 12.3. The van der Waals surface area contributed by atoms with Gasteiger partial charge in [0.05, 0.1) is 10.6 Å². The van der Waals surface area contributed by atoms with Gasteiger partial charge < -0.3 is 19.7 Å². The lowest BCUT2D eigenvalue weighted by Crippen LogP contribution is -2.43. The van der Waals surface area contributed by atoms with E-state index in [1.807, 2.05) is 0 Å². The summed E-state index contributed by atoms with van der Waals surface area (Å²) in [5.74, 6) is -1.25. The van der Waals surface area contributed by atoms with Crippen LogP contribution < -0.4 is 10.2 Å². The maximum atomic E-state index is 15.3. The molecule has 2 aromatic carbocycles. The molecule has 1 N–H and O–H groups in total. The second-order valence-electron chi connectivity index (χ2n) is 11.1. The van der Waals surface area contributed by atoms with Gasteiger partial charge in [0.2, 0.25) is 5.91 Å². The van der Waals surface area contributed by atoms with Gasteiger partial charge in [0, 0.05) is 19.2 Å². The molecule has 0 bridgehead atoms. The fourth-order valence-corrected chi connectivity index (χ4v) is 5.14. The number of halogens is 1. The number of sulfonamides is 1. The molecule has 3 rings (SSSR count). The minimum absolute atomic E-state index is 0.0107. The molecule has 1 aliphatic heterocycles. The summed E-state index contributed by atoms with van der Waals surface area (Å²) < 4.78 is 52.8. The first kappa shape index (κ1) is 29.9. The number of benzene rings is 2. The monoisotopic (exact) mass is 563 g/mol. The number of amides is 3. The highest BCUT2D eigenvalue weighted by atomic mass is 32.2. The van der Waals surface area contributed by atoms with E-state index in [1.165, 1.54) is 35.2 Å². The Kier molecular flexibility index (Phi) is 8.30. The van der Waals surface area contributed by atoms with Gasteiger partial charge in [-0.3, -0.25) is 4.79 Å². The van der Waals surface area contributed by atoms with Crippen molar-refractivity contribution in [1.29, 1.82) is 0 Å². The third-order valence-corrected chi connectivity index (χ3v) is 7.40. The van der Waals surface area contributed by atoms with Gasteiger partial charge in [-0.2, -0.15) is 0 Å². The zero-order valence-electron chi connectivity index (χ0n) is 23.1. The molecular formula is C27H34FN3O7S. The molecule has 3 amide bonds. The van der Waals surface area contributed by atoms with Crippen LogP contribution in [0.5, 0.6) is 0 Å². The number of anilines is 1. The number of hydrogen-bond acceptors (Lipinski definition) is 7. The summed E-state index contributed by atoms with van der Waals surface area (Å²) >= 11 is 0. The first-order valence-corrected chi connectivity index (χ1v) is 13.8. The van der Waals surface area contributed by atoms with Gasteiger partial charge in [-0.15, -0.1) is 0 Å². The van der Waals surface area contributed by atoms with Crippen LogP contribution in [0.3, 0.4) is 0 Å². The Morgan fingerprint density at radius 3 is 2.23 bits per heavy atom. The lowest BCUT2D eigenvalue weighted by Gasteiger charge is -2.25. The normalized spacial score (nSPS) is 16.2. The van der Waals surface area contributed by atoms with Crippen molar-refractivity contribution in [2.24, 2.45) is 0 Å². The quantitative estimate of drug-likeness (QED) is 0.561. The lowest BCUT2D eigenvalue weighted by atomic mass is 10.0. The van der Waals surface area contributed by atoms with Crippen LogP contribution in [0.1, 0.15) is 48.0 Å². The average Bonchev–Trinajstić information content (AvgIpc) is 3.15. The summed E-state index contributed by atoms with van der Waals surface area (Å²) in [6.07, 6.45) is -1.54. The molecule has 0 spiro atoms. The molecule has 0 aromatic heterocycles. The number of alkyl carbamates (subject to hydrolysis) is 1. The number of carbonyl (C=O) groups is 3. The smallest absolute Gasteiger partial charge is 0.424 e. The Bertz CT molecular complexity index is 1380. The standard InChI is InChI=1S/C27H34FN3O7S/c1-26(2,3)37-24(33)29-20-14-15-31(23(20)32)21-13-12-17(16-19(21)28)18-10-8-9-11-22(18)39(35,36)30(7)25(34)38-27(4,5)6/h8-13,16,20H,14-15H2,1-7H3,(H,29,33)/t20-/m0/s1. The van der Waals surface area contributed by atoms with E-state index in [1.54, 1.807) is 47.6 Å².